The Labute approximate surface area is 97.0 Å². The van der Waals surface area contributed by atoms with Gasteiger partial charge in [0.1, 0.15) is 0 Å². The first kappa shape index (κ1) is 12.2. The van der Waals surface area contributed by atoms with Crippen molar-refractivity contribution in [3.8, 4) is 0 Å². The lowest BCUT2D eigenvalue weighted by atomic mass is 10.0. The van der Waals surface area contributed by atoms with E-state index in [1.807, 2.05) is 0 Å². The molecule has 1 unspecified atom stereocenters. The molecule has 1 rings (SSSR count). The third-order valence-electron chi connectivity index (χ3n) is 1.96. The molecule has 1 aromatic heterocycles. The van der Waals surface area contributed by atoms with E-state index in [0.717, 1.165) is 0 Å². The van der Waals surface area contributed by atoms with Gasteiger partial charge in [-0.15, -0.1) is 11.3 Å². The first-order valence-electron chi connectivity index (χ1n) is 4.41. The summed E-state index contributed by atoms with van der Waals surface area (Å²) in [5.74, 6) is -0.817. The fourth-order valence-electron chi connectivity index (χ4n) is 1.12. The molecule has 0 saturated carbocycles. The maximum absolute atomic E-state index is 11.8. The van der Waals surface area contributed by atoms with Gasteiger partial charge in [-0.05, 0) is 12.1 Å². The minimum atomic E-state index is -0.376. The van der Waals surface area contributed by atoms with Crippen molar-refractivity contribution in [1.29, 1.82) is 0 Å². The van der Waals surface area contributed by atoms with E-state index >= 15 is 0 Å². The number of hydrogen-bond acceptors (Lipinski definition) is 4. The Morgan fingerprint density at radius 2 is 2.20 bits per heavy atom. The number of carbonyl (C=O) groups excluding carboxylic acids is 2. The maximum atomic E-state index is 11.8. The minimum absolute atomic E-state index is 0.0719. The molecule has 1 heterocycles. The average molecular weight is 247 g/mol. The smallest absolute Gasteiger partial charge is 0.306 e. The molecule has 82 valence electrons. The third-order valence-corrected chi connectivity index (χ3v) is 3.21. The summed E-state index contributed by atoms with van der Waals surface area (Å²) in [6.07, 6.45) is 0.102. The van der Waals surface area contributed by atoms with Gasteiger partial charge in [-0.2, -0.15) is 0 Å². The van der Waals surface area contributed by atoms with Gasteiger partial charge in [-0.25, -0.2) is 0 Å². The fraction of sp³-hybridized carbons (Fsp3) is 0.400. The molecule has 0 bridgehead atoms. The number of hydrogen-bond donors (Lipinski definition) is 0. The lowest BCUT2D eigenvalue weighted by Gasteiger charge is -2.06. The van der Waals surface area contributed by atoms with Crippen molar-refractivity contribution in [2.45, 2.75) is 13.3 Å². The molecule has 0 radical (unpaired) electrons. The Morgan fingerprint density at radius 1 is 1.53 bits per heavy atom. The number of ketones is 1. The molecule has 0 fully saturated rings. The first-order valence-corrected chi connectivity index (χ1v) is 5.60. The molecular weight excluding hydrogens is 236 g/mol. The number of ether oxygens (including phenoxy) is 1. The van der Waals surface area contributed by atoms with Crippen molar-refractivity contribution in [3.63, 3.8) is 0 Å². The summed E-state index contributed by atoms with van der Waals surface area (Å²) in [4.78, 5) is 23.3. The van der Waals surface area contributed by atoms with Crippen LogP contribution in [0.25, 0.3) is 0 Å². The maximum Gasteiger partial charge on any atom is 0.306 e. The van der Waals surface area contributed by atoms with Crippen LogP contribution in [0.2, 0.25) is 4.34 Å². The monoisotopic (exact) mass is 246 g/mol. The molecule has 0 saturated heterocycles. The second-order valence-corrected chi connectivity index (χ2v) is 4.86. The van der Waals surface area contributed by atoms with Crippen molar-refractivity contribution in [3.05, 3.63) is 21.3 Å². The number of rotatable bonds is 4. The fourth-order valence-corrected chi connectivity index (χ4v) is 2.21. The predicted molar refractivity (Wildman–Crippen MR) is 59.5 cm³/mol. The molecule has 0 aliphatic heterocycles. The average Bonchev–Trinajstić information content (AvgIpc) is 2.63. The van der Waals surface area contributed by atoms with E-state index in [4.69, 9.17) is 11.6 Å². The number of methoxy groups -OCH3 is 1. The second-order valence-electron chi connectivity index (χ2n) is 3.15. The summed E-state index contributed by atoms with van der Waals surface area (Å²) in [6, 6.07) is 3.34. The van der Waals surface area contributed by atoms with Gasteiger partial charge in [0, 0.05) is 5.92 Å². The van der Waals surface area contributed by atoms with Crippen LogP contribution in [-0.4, -0.2) is 18.9 Å². The minimum Gasteiger partial charge on any atom is -0.469 e. The van der Waals surface area contributed by atoms with Gasteiger partial charge >= 0.3 is 5.97 Å². The third kappa shape index (κ3) is 3.32. The van der Waals surface area contributed by atoms with Crippen LogP contribution in [0.4, 0.5) is 0 Å². The Morgan fingerprint density at radius 3 is 2.67 bits per heavy atom. The summed E-state index contributed by atoms with van der Waals surface area (Å²) in [5.41, 5.74) is 0. The van der Waals surface area contributed by atoms with E-state index in [0.29, 0.717) is 9.21 Å². The van der Waals surface area contributed by atoms with E-state index < -0.39 is 0 Å². The van der Waals surface area contributed by atoms with Crippen LogP contribution in [-0.2, 0) is 9.53 Å². The van der Waals surface area contributed by atoms with Crippen LogP contribution in [0.5, 0.6) is 0 Å². The van der Waals surface area contributed by atoms with Gasteiger partial charge in [0.15, 0.2) is 5.78 Å². The van der Waals surface area contributed by atoms with Gasteiger partial charge in [0.05, 0.1) is 22.7 Å². The molecule has 1 aromatic rings. The highest BCUT2D eigenvalue weighted by molar-refractivity contribution is 7.18. The summed E-state index contributed by atoms with van der Waals surface area (Å²) in [7, 11) is 1.31. The van der Waals surface area contributed by atoms with Gasteiger partial charge in [0.25, 0.3) is 0 Å². The number of carbonyl (C=O) groups is 2. The van der Waals surface area contributed by atoms with E-state index in [2.05, 4.69) is 4.74 Å². The zero-order valence-electron chi connectivity index (χ0n) is 8.45. The van der Waals surface area contributed by atoms with Crippen LogP contribution >= 0.6 is 22.9 Å². The first-order chi connectivity index (χ1) is 7.04. The SMILES string of the molecule is COC(=O)CC(C)C(=O)c1ccc(Cl)s1. The lowest BCUT2D eigenvalue weighted by molar-refractivity contribution is -0.141. The lowest BCUT2D eigenvalue weighted by Crippen LogP contribution is -2.15. The topological polar surface area (TPSA) is 43.4 Å². The number of esters is 1. The van der Waals surface area contributed by atoms with Gasteiger partial charge in [-0.3, -0.25) is 9.59 Å². The molecule has 0 amide bonds. The van der Waals surface area contributed by atoms with Crippen molar-refractivity contribution in [1.82, 2.24) is 0 Å². The Balaban J connectivity index is 2.64. The van der Waals surface area contributed by atoms with E-state index in [-0.39, 0.29) is 24.1 Å². The molecule has 0 aromatic carbocycles. The zero-order valence-corrected chi connectivity index (χ0v) is 10.0. The zero-order chi connectivity index (χ0) is 11.4. The highest BCUT2D eigenvalue weighted by atomic mass is 35.5. The summed E-state index contributed by atoms with van der Waals surface area (Å²) >= 11 is 6.94. The van der Waals surface area contributed by atoms with Crippen LogP contribution in [0.15, 0.2) is 12.1 Å². The Kier molecular flexibility index (Phi) is 4.29. The molecular formula is C10H11ClO3S. The molecule has 0 spiro atoms. The van der Waals surface area contributed by atoms with E-state index in [1.165, 1.54) is 18.4 Å². The normalized spacial score (nSPS) is 12.2. The number of thiophene rings is 1. The molecule has 5 heteroatoms. The molecule has 3 nitrogen and oxygen atoms in total. The van der Waals surface area contributed by atoms with Crippen molar-refractivity contribution >= 4 is 34.7 Å². The molecule has 0 aliphatic rings. The molecule has 1 atom stereocenters. The Bertz CT molecular complexity index is 372. The number of Topliss-reactive ketones (excluding diaryl/α,β-unsaturated/α-hetero) is 1. The van der Waals surface area contributed by atoms with E-state index in [9.17, 15) is 9.59 Å². The summed E-state index contributed by atoms with van der Waals surface area (Å²) in [5, 5.41) is 0. The van der Waals surface area contributed by atoms with Crippen LogP contribution in [0, 0.1) is 5.92 Å². The van der Waals surface area contributed by atoms with Crippen molar-refractivity contribution in [2.24, 2.45) is 5.92 Å². The Hall–Kier alpha value is -0.870. The van der Waals surface area contributed by atoms with Crippen LogP contribution < -0.4 is 0 Å². The van der Waals surface area contributed by atoms with E-state index in [1.54, 1.807) is 19.1 Å². The molecule has 0 N–H and O–H groups in total. The van der Waals surface area contributed by atoms with Gasteiger partial charge in [0.2, 0.25) is 0 Å². The summed E-state index contributed by atoms with van der Waals surface area (Å²) < 4.78 is 5.07. The standard InChI is InChI=1S/C10H11ClO3S/c1-6(5-9(12)14-2)10(13)7-3-4-8(11)15-7/h3-4,6H,5H2,1-2H3. The van der Waals surface area contributed by atoms with Crippen molar-refractivity contribution in [2.75, 3.05) is 7.11 Å². The molecule has 0 aliphatic carbocycles. The predicted octanol–water partition coefficient (Wildman–Crippen LogP) is 2.78. The molecule has 15 heavy (non-hydrogen) atoms. The summed E-state index contributed by atoms with van der Waals surface area (Å²) in [6.45, 7) is 1.70. The largest absolute Gasteiger partial charge is 0.469 e. The van der Waals surface area contributed by atoms with Gasteiger partial charge < -0.3 is 4.74 Å². The van der Waals surface area contributed by atoms with Gasteiger partial charge in [-0.1, -0.05) is 18.5 Å². The highest BCUT2D eigenvalue weighted by Crippen LogP contribution is 2.24. The highest BCUT2D eigenvalue weighted by Gasteiger charge is 2.20. The van der Waals surface area contributed by atoms with Crippen LogP contribution in [0.1, 0.15) is 23.0 Å². The van der Waals surface area contributed by atoms with Crippen LogP contribution in [0.3, 0.4) is 0 Å². The number of halogens is 1. The second kappa shape index (κ2) is 5.28. The van der Waals surface area contributed by atoms with Crippen molar-refractivity contribution < 1.29 is 14.3 Å². The quantitative estimate of drug-likeness (QED) is 0.606.